The van der Waals surface area contributed by atoms with Gasteiger partial charge in [-0.2, -0.15) is 5.10 Å². The molecule has 2 aromatic rings. The molecule has 0 amide bonds. The summed E-state index contributed by atoms with van der Waals surface area (Å²) in [6, 6.07) is 4.01. The van der Waals surface area contributed by atoms with Gasteiger partial charge in [0.1, 0.15) is 11.5 Å². The SMILES string of the molecule is CC(C)n1ncc(Cl)c1C(=O)c1c(F)cccc1Cl. The summed E-state index contributed by atoms with van der Waals surface area (Å²) >= 11 is 11.9. The second-order valence-electron chi connectivity index (χ2n) is 4.31. The molecule has 0 unspecified atom stereocenters. The molecule has 0 radical (unpaired) electrons. The number of carbonyl (C=O) groups excluding carboxylic acids is 1. The number of carbonyl (C=O) groups is 1. The van der Waals surface area contributed by atoms with Crippen LogP contribution in [-0.2, 0) is 0 Å². The van der Waals surface area contributed by atoms with Crippen molar-refractivity contribution < 1.29 is 9.18 Å². The van der Waals surface area contributed by atoms with Crippen LogP contribution in [0.15, 0.2) is 24.4 Å². The average molecular weight is 301 g/mol. The van der Waals surface area contributed by atoms with Gasteiger partial charge in [-0.1, -0.05) is 29.3 Å². The normalized spacial score (nSPS) is 11.1. The van der Waals surface area contributed by atoms with Crippen LogP contribution < -0.4 is 0 Å². The third-order valence-electron chi connectivity index (χ3n) is 2.64. The van der Waals surface area contributed by atoms with Crippen molar-refractivity contribution in [1.29, 1.82) is 0 Å². The first kappa shape index (κ1) is 14.0. The zero-order valence-electron chi connectivity index (χ0n) is 10.3. The molecule has 6 heteroatoms. The zero-order valence-corrected chi connectivity index (χ0v) is 11.8. The summed E-state index contributed by atoms with van der Waals surface area (Å²) in [6.07, 6.45) is 1.36. The van der Waals surface area contributed by atoms with Crippen LogP contribution in [0.3, 0.4) is 0 Å². The van der Waals surface area contributed by atoms with E-state index >= 15 is 0 Å². The molecule has 0 saturated heterocycles. The molecule has 1 heterocycles. The minimum absolute atomic E-state index is 0.0533. The lowest BCUT2D eigenvalue weighted by Crippen LogP contribution is -2.15. The van der Waals surface area contributed by atoms with Crippen molar-refractivity contribution in [1.82, 2.24) is 9.78 Å². The molecule has 1 aromatic heterocycles. The Hall–Kier alpha value is -1.39. The molecule has 0 fully saturated rings. The van der Waals surface area contributed by atoms with Gasteiger partial charge in [0, 0.05) is 6.04 Å². The summed E-state index contributed by atoms with van der Waals surface area (Å²) < 4.78 is 15.2. The van der Waals surface area contributed by atoms with Crippen molar-refractivity contribution in [2.75, 3.05) is 0 Å². The van der Waals surface area contributed by atoms with E-state index < -0.39 is 11.6 Å². The fourth-order valence-electron chi connectivity index (χ4n) is 1.78. The van der Waals surface area contributed by atoms with E-state index in [2.05, 4.69) is 5.10 Å². The Balaban J connectivity index is 2.60. The average Bonchev–Trinajstić information content (AvgIpc) is 2.70. The number of hydrogen-bond donors (Lipinski definition) is 0. The first-order chi connectivity index (χ1) is 8.93. The minimum atomic E-state index is -0.676. The predicted molar refractivity (Wildman–Crippen MR) is 72.5 cm³/mol. The Morgan fingerprint density at radius 1 is 1.32 bits per heavy atom. The third kappa shape index (κ3) is 2.51. The van der Waals surface area contributed by atoms with Crippen LogP contribution in [0.2, 0.25) is 10.0 Å². The molecule has 0 spiro atoms. The van der Waals surface area contributed by atoms with Gasteiger partial charge >= 0.3 is 0 Å². The first-order valence-electron chi connectivity index (χ1n) is 5.65. The first-order valence-corrected chi connectivity index (χ1v) is 6.40. The topological polar surface area (TPSA) is 34.9 Å². The number of hydrogen-bond acceptors (Lipinski definition) is 2. The molecule has 1 aromatic carbocycles. The Morgan fingerprint density at radius 2 is 2.00 bits per heavy atom. The summed E-state index contributed by atoms with van der Waals surface area (Å²) in [7, 11) is 0. The summed E-state index contributed by atoms with van der Waals surface area (Å²) in [4.78, 5) is 12.4. The van der Waals surface area contributed by atoms with Crippen LogP contribution >= 0.6 is 23.2 Å². The molecule has 0 aliphatic carbocycles. The molecule has 0 saturated carbocycles. The van der Waals surface area contributed by atoms with Crippen LogP contribution in [0.25, 0.3) is 0 Å². The molecule has 100 valence electrons. The summed E-state index contributed by atoms with van der Waals surface area (Å²) in [6.45, 7) is 3.70. The summed E-state index contributed by atoms with van der Waals surface area (Å²) in [5.41, 5.74) is -0.0443. The zero-order chi connectivity index (χ0) is 14.2. The van der Waals surface area contributed by atoms with Gasteiger partial charge in [-0.05, 0) is 26.0 Å². The van der Waals surface area contributed by atoms with E-state index in [1.54, 1.807) is 0 Å². The molecule has 0 aliphatic rings. The molecular formula is C13H11Cl2FN2O. The van der Waals surface area contributed by atoms with E-state index in [0.29, 0.717) is 0 Å². The van der Waals surface area contributed by atoms with Gasteiger partial charge in [-0.25, -0.2) is 4.39 Å². The third-order valence-corrected chi connectivity index (χ3v) is 3.24. The van der Waals surface area contributed by atoms with Gasteiger partial charge in [0.25, 0.3) is 0 Å². The van der Waals surface area contributed by atoms with Crippen LogP contribution in [0.4, 0.5) is 4.39 Å². The predicted octanol–water partition coefficient (Wildman–Crippen LogP) is 4.14. The minimum Gasteiger partial charge on any atom is -0.287 e. The van der Waals surface area contributed by atoms with E-state index in [-0.39, 0.29) is 27.3 Å². The standard InChI is InChI=1S/C13H11Cl2FN2O/c1-7(2)18-12(9(15)6-17-18)13(19)11-8(14)4-3-5-10(11)16/h3-7H,1-2H3. The Kier molecular flexibility index (Phi) is 3.92. The van der Waals surface area contributed by atoms with Crippen LogP contribution in [0, 0.1) is 5.82 Å². The number of aromatic nitrogens is 2. The molecule has 0 N–H and O–H groups in total. The second-order valence-corrected chi connectivity index (χ2v) is 5.12. The van der Waals surface area contributed by atoms with Crippen molar-refractivity contribution in [2.45, 2.75) is 19.9 Å². The number of nitrogens with zero attached hydrogens (tertiary/aromatic N) is 2. The van der Waals surface area contributed by atoms with Gasteiger partial charge in [-0.3, -0.25) is 9.48 Å². The van der Waals surface area contributed by atoms with Gasteiger partial charge in [0.2, 0.25) is 5.78 Å². The molecule has 0 bridgehead atoms. The monoisotopic (exact) mass is 300 g/mol. The highest BCUT2D eigenvalue weighted by molar-refractivity contribution is 6.37. The quantitative estimate of drug-likeness (QED) is 0.799. The lowest BCUT2D eigenvalue weighted by Gasteiger charge is -2.11. The van der Waals surface area contributed by atoms with Gasteiger partial charge in [0.15, 0.2) is 0 Å². The van der Waals surface area contributed by atoms with E-state index in [4.69, 9.17) is 23.2 Å². The molecule has 3 nitrogen and oxygen atoms in total. The molecule has 19 heavy (non-hydrogen) atoms. The Morgan fingerprint density at radius 3 is 2.58 bits per heavy atom. The van der Waals surface area contributed by atoms with Crippen LogP contribution in [-0.4, -0.2) is 15.6 Å². The number of rotatable bonds is 3. The maximum atomic E-state index is 13.8. The Labute approximate surface area is 119 Å². The molecule has 2 rings (SSSR count). The fraction of sp³-hybridized carbons (Fsp3) is 0.231. The van der Waals surface area contributed by atoms with Crippen molar-refractivity contribution in [2.24, 2.45) is 0 Å². The number of benzene rings is 1. The largest absolute Gasteiger partial charge is 0.287 e. The maximum Gasteiger partial charge on any atom is 0.217 e. The van der Waals surface area contributed by atoms with E-state index in [0.717, 1.165) is 0 Å². The number of halogens is 3. The highest BCUT2D eigenvalue weighted by Gasteiger charge is 2.25. The van der Waals surface area contributed by atoms with Crippen LogP contribution in [0.1, 0.15) is 35.9 Å². The Bertz CT molecular complexity index is 617. The highest BCUT2D eigenvalue weighted by atomic mass is 35.5. The van der Waals surface area contributed by atoms with Crippen molar-refractivity contribution in [3.8, 4) is 0 Å². The highest BCUT2D eigenvalue weighted by Crippen LogP contribution is 2.27. The maximum absolute atomic E-state index is 13.8. The molecule has 0 aliphatic heterocycles. The van der Waals surface area contributed by atoms with E-state index in [1.165, 1.54) is 29.1 Å². The smallest absolute Gasteiger partial charge is 0.217 e. The van der Waals surface area contributed by atoms with Crippen molar-refractivity contribution in [3.63, 3.8) is 0 Å². The van der Waals surface area contributed by atoms with E-state index in [9.17, 15) is 9.18 Å². The summed E-state index contributed by atoms with van der Waals surface area (Å²) in [5, 5.41) is 4.25. The summed E-state index contributed by atoms with van der Waals surface area (Å²) in [5.74, 6) is -1.25. The van der Waals surface area contributed by atoms with Crippen molar-refractivity contribution in [3.05, 3.63) is 51.5 Å². The second kappa shape index (κ2) is 5.31. The van der Waals surface area contributed by atoms with E-state index in [1.807, 2.05) is 13.8 Å². The molecular weight excluding hydrogens is 290 g/mol. The van der Waals surface area contributed by atoms with Gasteiger partial charge < -0.3 is 0 Å². The van der Waals surface area contributed by atoms with Crippen molar-refractivity contribution >= 4 is 29.0 Å². The number of ketones is 1. The lowest BCUT2D eigenvalue weighted by molar-refractivity contribution is 0.102. The van der Waals surface area contributed by atoms with Gasteiger partial charge in [0.05, 0.1) is 21.8 Å². The molecule has 0 atom stereocenters. The van der Waals surface area contributed by atoms with Crippen LogP contribution in [0.5, 0.6) is 0 Å². The van der Waals surface area contributed by atoms with Gasteiger partial charge in [-0.15, -0.1) is 0 Å². The lowest BCUT2D eigenvalue weighted by atomic mass is 10.1. The fourth-order valence-corrected chi connectivity index (χ4v) is 2.24.